The maximum atomic E-state index is 13.0. The van der Waals surface area contributed by atoms with Crippen LogP contribution in [-0.4, -0.2) is 59.5 Å². The summed E-state index contributed by atoms with van der Waals surface area (Å²) in [5.74, 6) is 0.364. The van der Waals surface area contributed by atoms with Crippen LogP contribution in [0.1, 0.15) is 59.8 Å². The van der Waals surface area contributed by atoms with E-state index in [2.05, 4.69) is 24.1 Å². The van der Waals surface area contributed by atoms with Gasteiger partial charge in [0.1, 0.15) is 0 Å². The van der Waals surface area contributed by atoms with Crippen molar-refractivity contribution in [2.24, 2.45) is 11.3 Å². The highest BCUT2D eigenvalue weighted by molar-refractivity contribution is 7.80. The van der Waals surface area contributed by atoms with Crippen LogP contribution < -0.4 is 5.32 Å². The Kier molecular flexibility index (Phi) is 6.29. The molecule has 5 heteroatoms. The molecule has 1 aliphatic carbocycles. The lowest BCUT2D eigenvalue weighted by Gasteiger charge is -2.43. The van der Waals surface area contributed by atoms with E-state index < -0.39 is 0 Å². The Morgan fingerprint density at radius 1 is 1.17 bits per heavy atom. The second-order valence-corrected chi connectivity index (χ2v) is 9.30. The number of nitrogens with one attached hydrogen (secondary N) is 1. The van der Waals surface area contributed by atoms with Gasteiger partial charge in [-0.15, -0.1) is 0 Å². The van der Waals surface area contributed by atoms with E-state index in [-0.39, 0.29) is 18.0 Å². The summed E-state index contributed by atoms with van der Waals surface area (Å²) in [7, 11) is 4.00. The Morgan fingerprint density at radius 3 is 2.25 bits per heavy atom. The van der Waals surface area contributed by atoms with Crippen LogP contribution in [0, 0.1) is 11.3 Å². The number of nitrogens with zero attached hydrogens (tertiary/aromatic N) is 2. The quantitative estimate of drug-likeness (QED) is 0.788. The molecular formula is C19H35N3OS. The number of carbonyl (C=O) groups excluding carboxylic acids is 1. The van der Waals surface area contributed by atoms with E-state index in [1.165, 1.54) is 12.8 Å². The Bertz CT molecular complexity index is 465. The van der Waals surface area contributed by atoms with Gasteiger partial charge in [-0.2, -0.15) is 0 Å². The predicted molar refractivity (Wildman–Crippen MR) is 104 cm³/mol. The van der Waals surface area contributed by atoms with Gasteiger partial charge >= 0.3 is 0 Å². The summed E-state index contributed by atoms with van der Waals surface area (Å²) in [6.07, 6.45) is 5.61. The summed E-state index contributed by atoms with van der Waals surface area (Å²) in [4.78, 5) is 18.1. The van der Waals surface area contributed by atoms with Crippen LogP contribution in [0.5, 0.6) is 0 Å². The highest BCUT2D eigenvalue weighted by Crippen LogP contribution is 2.38. The van der Waals surface area contributed by atoms with Gasteiger partial charge in [0.25, 0.3) is 0 Å². The Morgan fingerprint density at radius 2 is 1.75 bits per heavy atom. The van der Waals surface area contributed by atoms with E-state index in [0.29, 0.717) is 17.4 Å². The average molecular weight is 354 g/mol. The van der Waals surface area contributed by atoms with Crippen LogP contribution in [0.2, 0.25) is 0 Å². The molecular weight excluding hydrogens is 318 g/mol. The number of likely N-dealkylation sites (N-methyl/N-ethyl adjacent to an activating group) is 1. The Hall–Kier alpha value is -0.680. The lowest BCUT2D eigenvalue weighted by molar-refractivity contribution is -0.140. The van der Waals surface area contributed by atoms with Gasteiger partial charge in [0.15, 0.2) is 0 Å². The van der Waals surface area contributed by atoms with Gasteiger partial charge in [0, 0.05) is 38.6 Å². The number of hydrogen-bond acceptors (Lipinski definition) is 3. The average Bonchev–Trinajstić information content (AvgIpc) is 2.97. The minimum atomic E-state index is 0.0554. The van der Waals surface area contributed by atoms with Gasteiger partial charge in [-0.05, 0) is 37.5 Å². The fourth-order valence-electron chi connectivity index (χ4n) is 4.05. The van der Waals surface area contributed by atoms with E-state index in [9.17, 15) is 4.79 Å². The van der Waals surface area contributed by atoms with Crippen molar-refractivity contribution in [1.29, 1.82) is 0 Å². The lowest BCUT2D eigenvalue weighted by Crippen LogP contribution is -2.51. The van der Waals surface area contributed by atoms with Crippen molar-refractivity contribution in [2.45, 2.75) is 77.9 Å². The molecule has 1 N–H and O–H groups in total. The Labute approximate surface area is 153 Å². The van der Waals surface area contributed by atoms with Crippen LogP contribution in [0.25, 0.3) is 0 Å². The number of rotatable bonds is 4. The molecule has 0 radical (unpaired) electrons. The third kappa shape index (κ3) is 4.48. The summed E-state index contributed by atoms with van der Waals surface area (Å²) in [6.45, 7) is 9.59. The highest BCUT2D eigenvalue weighted by atomic mass is 32.1. The third-order valence-electron chi connectivity index (χ3n) is 5.69. The molecule has 138 valence electrons. The molecule has 2 rings (SSSR count). The van der Waals surface area contributed by atoms with Crippen molar-refractivity contribution in [3.05, 3.63) is 0 Å². The molecule has 2 aliphatic rings. The molecule has 0 aromatic carbocycles. The third-order valence-corrected chi connectivity index (χ3v) is 6.34. The summed E-state index contributed by atoms with van der Waals surface area (Å²) >= 11 is 5.54. The Balaban J connectivity index is 2.10. The first kappa shape index (κ1) is 19.6. The van der Waals surface area contributed by atoms with E-state index >= 15 is 0 Å². The minimum Gasteiger partial charge on any atom is -0.371 e. The molecule has 1 saturated carbocycles. The first-order valence-electron chi connectivity index (χ1n) is 9.39. The normalized spacial score (nSPS) is 27.3. The number of carbonyl (C=O) groups is 1. The molecule has 1 aliphatic heterocycles. The van der Waals surface area contributed by atoms with Gasteiger partial charge in [-0.1, -0.05) is 39.9 Å². The van der Waals surface area contributed by atoms with Crippen LogP contribution in [0.3, 0.4) is 0 Å². The molecule has 0 aromatic rings. The summed E-state index contributed by atoms with van der Waals surface area (Å²) in [5.41, 5.74) is 0.423. The second kappa shape index (κ2) is 7.69. The van der Waals surface area contributed by atoms with Crippen molar-refractivity contribution in [3.63, 3.8) is 0 Å². The molecule has 1 heterocycles. The topological polar surface area (TPSA) is 35.6 Å². The van der Waals surface area contributed by atoms with Gasteiger partial charge in [-0.3, -0.25) is 4.79 Å². The van der Waals surface area contributed by atoms with Crippen LogP contribution >= 0.6 is 12.2 Å². The first-order chi connectivity index (χ1) is 11.1. The highest BCUT2D eigenvalue weighted by Gasteiger charge is 2.40. The summed E-state index contributed by atoms with van der Waals surface area (Å²) < 4.78 is 0. The molecule has 1 amide bonds. The van der Waals surface area contributed by atoms with Gasteiger partial charge in [-0.25, -0.2) is 0 Å². The standard InChI is InChI=1S/C19H35N3OS/c1-13(2)17(23)22(14-7-9-19(3,4)10-8-14)15-11-16(20-12-15)18(24)21(5)6/h13-16,20H,7-12H2,1-6H3/t15-,16-/m0/s1. The molecule has 24 heavy (non-hydrogen) atoms. The summed E-state index contributed by atoms with van der Waals surface area (Å²) in [5, 5.41) is 3.54. The van der Waals surface area contributed by atoms with Crippen LogP contribution in [0.15, 0.2) is 0 Å². The van der Waals surface area contributed by atoms with Crippen molar-refractivity contribution >= 4 is 23.1 Å². The van der Waals surface area contributed by atoms with E-state index in [1.54, 1.807) is 0 Å². The molecule has 0 unspecified atom stereocenters. The van der Waals surface area contributed by atoms with Crippen molar-refractivity contribution in [2.75, 3.05) is 20.6 Å². The molecule has 0 bridgehead atoms. The number of thiocarbonyl (C=S) groups is 1. The molecule has 2 atom stereocenters. The fourth-order valence-corrected chi connectivity index (χ4v) is 4.23. The predicted octanol–water partition coefficient (Wildman–Crippen LogP) is 3.06. The molecule has 0 spiro atoms. The molecule has 4 nitrogen and oxygen atoms in total. The van der Waals surface area contributed by atoms with Crippen molar-refractivity contribution in [3.8, 4) is 0 Å². The van der Waals surface area contributed by atoms with E-state index in [1.807, 2.05) is 32.8 Å². The molecule has 2 fully saturated rings. The maximum Gasteiger partial charge on any atom is 0.225 e. The lowest BCUT2D eigenvalue weighted by atomic mass is 9.75. The zero-order chi connectivity index (χ0) is 18.1. The van der Waals surface area contributed by atoms with Crippen molar-refractivity contribution < 1.29 is 4.79 Å². The smallest absolute Gasteiger partial charge is 0.225 e. The van der Waals surface area contributed by atoms with Crippen LogP contribution in [-0.2, 0) is 4.79 Å². The minimum absolute atomic E-state index is 0.0554. The van der Waals surface area contributed by atoms with E-state index in [0.717, 1.165) is 30.8 Å². The largest absolute Gasteiger partial charge is 0.371 e. The van der Waals surface area contributed by atoms with Crippen LogP contribution in [0.4, 0.5) is 0 Å². The molecule has 1 saturated heterocycles. The van der Waals surface area contributed by atoms with Gasteiger partial charge < -0.3 is 15.1 Å². The number of hydrogen-bond donors (Lipinski definition) is 1. The second-order valence-electron chi connectivity index (χ2n) is 8.88. The van der Waals surface area contributed by atoms with Gasteiger partial charge in [0.2, 0.25) is 5.91 Å². The monoisotopic (exact) mass is 353 g/mol. The summed E-state index contributed by atoms with van der Waals surface area (Å²) in [6, 6.07) is 0.878. The fraction of sp³-hybridized carbons (Fsp3) is 0.895. The van der Waals surface area contributed by atoms with Crippen molar-refractivity contribution in [1.82, 2.24) is 15.1 Å². The maximum absolute atomic E-state index is 13.0. The zero-order valence-electron chi connectivity index (χ0n) is 16.3. The first-order valence-corrected chi connectivity index (χ1v) is 9.80. The number of amides is 1. The SMILES string of the molecule is CC(C)C(=O)N(C1CCC(C)(C)CC1)[C@@H]1CN[C@H](C(=S)N(C)C)C1. The zero-order valence-corrected chi connectivity index (χ0v) is 17.1. The van der Waals surface area contributed by atoms with Gasteiger partial charge in [0.05, 0.1) is 11.0 Å². The molecule has 0 aromatic heterocycles. The van der Waals surface area contributed by atoms with E-state index in [4.69, 9.17) is 12.2 Å².